The molecule has 0 bridgehead atoms. The smallest absolute Gasteiger partial charge is 0.232 e. The van der Waals surface area contributed by atoms with Gasteiger partial charge in [0.15, 0.2) is 0 Å². The Labute approximate surface area is 122 Å². The van der Waals surface area contributed by atoms with Crippen molar-refractivity contribution < 1.29 is 4.79 Å². The summed E-state index contributed by atoms with van der Waals surface area (Å²) in [6, 6.07) is 0.413. The molecule has 1 aliphatic rings. The summed E-state index contributed by atoms with van der Waals surface area (Å²) in [4.78, 5) is 18.1. The van der Waals surface area contributed by atoms with E-state index in [0.29, 0.717) is 11.8 Å². The number of halogens is 1. The second-order valence-corrected chi connectivity index (χ2v) is 5.87. The number of hydrogen-bond donors (Lipinski definition) is 1. The minimum absolute atomic E-state index is 0. The third kappa shape index (κ3) is 4.76. The first-order valence-electron chi connectivity index (χ1n) is 5.71. The lowest BCUT2D eigenvalue weighted by Gasteiger charge is -2.31. The molecular formula is C11H18ClN3OS2. The van der Waals surface area contributed by atoms with E-state index in [0.717, 1.165) is 31.1 Å². The van der Waals surface area contributed by atoms with Crippen molar-refractivity contribution in [1.82, 2.24) is 15.2 Å². The van der Waals surface area contributed by atoms with Gasteiger partial charge in [-0.05, 0) is 6.92 Å². The van der Waals surface area contributed by atoms with Gasteiger partial charge in [0, 0.05) is 36.8 Å². The third-order valence-electron chi connectivity index (χ3n) is 2.68. The van der Waals surface area contributed by atoms with Crippen LogP contribution in [0, 0.1) is 0 Å². The highest BCUT2D eigenvalue weighted by Crippen LogP contribution is 2.13. The number of nitrogens with zero attached hydrogens (tertiary/aromatic N) is 2. The van der Waals surface area contributed by atoms with Gasteiger partial charge in [0.05, 0.1) is 17.0 Å². The minimum atomic E-state index is 0. The zero-order chi connectivity index (χ0) is 12.1. The average molecular weight is 308 g/mol. The largest absolute Gasteiger partial charge is 0.339 e. The monoisotopic (exact) mass is 307 g/mol. The van der Waals surface area contributed by atoms with E-state index in [-0.39, 0.29) is 18.3 Å². The fourth-order valence-electron chi connectivity index (χ4n) is 1.80. The van der Waals surface area contributed by atoms with E-state index in [1.165, 1.54) is 0 Å². The quantitative estimate of drug-likeness (QED) is 0.918. The lowest BCUT2D eigenvalue weighted by Crippen LogP contribution is -2.51. The van der Waals surface area contributed by atoms with Gasteiger partial charge in [-0.15, -0.1) is 35.5 Å². The maximum atomic E-state index is 11.9. The fourth-order valence-corrected chi connectivity index (χ4v) is 3.29. The van der Waals surface area contributed by atoms with Crippen LogP contribution in [0.4, 0.5) is 0 Å². The Balaban J connectivity index is 0.00000162. The molecule has 102 valence electrons. The molecule has 0 spiro atoms. The van der Waals surface area contributed by atoms with Gasteiger partial charge in [-0.1, -0.05) is 0 Å². The van der Waals surface area contributed by atoms with Gasteiger partial charge in [-0.25, -0.2) is 4.98 Å². The van der Waals surface area contributed by atoms with Crippen molar-refractivity contribution >= 4 is 41.4 Å². The molecule has 0 radical (unpaired) electrons. The first-order chi connectivity index (χ1) is 8.25. The molecule has 1 saturated heterocycles. The molecule has 7 heteroatoms. The van der Waals surface area contributed by atoms with E-state index in [1.807, 2.05) is 15.8 Å². The van der Waals surface area contributed by atoms with Gasteiger partial charge >= 0.3 is 0 Å². The molecule has 1 aromatic heterocycles. The number of hydrogen-bond acceptors (Lipinski definition) is 5. The van der Waals surface area contributed by atoms with Gasteiger partial charge in [-0.2, -0.15) is 0 Å². The highest BCUT2D eigenvalue weighted by molar-refractivity contribution is 7.99. The molecule has 0 aliphatic carbocycles. The first-order valence-corrected chi connectivity index (χ1v) is 7.81. The fraction of sp³-hybridized carbons (Fsp3) is 0.636. The van der Waals surface area contributed by atoms with Crippen LogP contribution in [0.3, 0.4) is 0 Å². The van der Waals surface area contributed by atoms with Crippen LogP contribution in [0.5, 0.6) is 0 Å². The first kappa shape index (κ1) is 15.8. The minimum Gasteiger partial charge on any atom is -0.339 e. The SMILES string of the molecule is C[C@@H]1CN(C(=O)CSCc2cscn2)CCN1.Cl. The number of thioether (sulfide) groups is 1. The Morgan fingerprint density at radius 3 is 3.22 bits per heavy atom. The van der Waals surface area contributed by atoms with Crippen molar-refractivity contribution in [3.05, 3.63) is 16.6 Å². The predicted molar refractivity (Wildman–Crippen MR) is 79.6 cm³/mol. The summed E-state index contributed by atoms with van der Waals surface area (Å²) in [6.45, 7) is 4.68. The Hall–Kier alpha value is -0.300. The number of rotatable bonds is 4. The molecule has 1 aromatic rings. The van der Waals surface area contributed by atoms with Crippen LogP contribution in [0.25, 0.3) is 0 Å². The van der Waals surface area contributed by atoms with Crippen LogP contribution in [0.15, 0.2) is 10.9 Å². The summed E-state index contributed by atoms with van der Waals surface area (Å²) in [7, 11) is 0. The van der Waals surface area contributed by atoms with Crippen LogP contribution in [-0.4, -0.2) is 47.2 Å². The van der Waals surface area contributed by atoms with Crippen molar-refractivity contribution in [1.29, 1.82) is 0 Å². The van der Waals surface area contributed by atoms with Gasteiger partial charge in [0.2, 0.25) is 5.91 Å². The van der Waals surface area contributed by atoms with E-state index in [2.05, 4.69) is 17.2 Å². The van der Waals surface area contributed by atoms with Gasteiger partial charge < -0.3 is 10.2 Å². The zero-order valence-corrected chi connectivity index (χ0v) is 12.7. The second-order valence-electron chi connectivity index (χ2n) is 4.17. The molecule has 1 fully saturated rings. The van der Waals surface area contributed by atoms with Crippen molar-refractivity contribution in [2.75, 3.05) is 25.4 Å². The summed E-state index contributed by atoms with van der Waals surface area (Å²) in [5.74, 6) is 1.64. The molecule has 0 unspecified atom stereocenters. The van der Waals surface area contributed by atoms with Crippen molar-refractivity contribution in [2.45, 2.75) is 18.7 Å². The summed E-state index contributed by atoms with van der Waals surface area (Å²) in [5.41, 5.74) is 2.90. The van der Waals surface area contributed by atoms with Crippen LogP contribution in [-0.2, 0) is 10.5 Å². The van der Waals surface area contributed by atoms with Crippen LogP contribution in [0.2, 0.25) is 0 Å². The van der Waals surface area contributed by atoms with E-state index < -0.39 is 0 Å². The van der Waals surface area contributed by atoms with Crippen LogP contribution in [0.1, 0.15) is 12.6 Å². The molecule has 2 rings (SSSR count). The zero-order valence-electron chi connectivity index (χ0n) is 10.3. The van der Waals surface area contributed by atoms with Crippen molar-refractivity contribution in [2.24, 2.45) is 0 Å². The van der Waals surface area contributed by atoms with Gasteiger partial charge in [0.1, 0.15) is 0 Å². The number of aromatic nitrogens is 1. The lowest BCUT2D eigenvalue weighted by atomic mass is 10.2. The van der Waals surface area contributed by atoms with E-state index in [4.69, 9.17) is 0 Å². The van der Waals surface area contributed by atoms with E-state index in [1.54, 1.807) is 23.1 Å². The van der Waals surface area contributed by atoms with Crippen LogP contribution < -0.4 is 5.32 Å². The van der Waals surface area contributed by atoms with Crippen molar-refractivity contribution in [3.8, 4) is 0 Å². The maximum absolute atomic E-state index is 11.9. The number of carbonyl (C=O) groups excluding carboxylic acids is 1. The molecule has 1 aliphatic heterocycles. The molecule has 1 amide bonds. The average Bonchev–Trinajstić information content (AvgIpc) is 2.82. The molecular weight excluding hydrogens is 290 g/mol. The molecule has 2 heterocycles. The number of thiazole rings is 1. The van der Waals surface area contributed by atoms with Crippen molar-refractivity contribution in [3.63, 3.8) is 0 Å². The summed E-state index contributed by atoms with van der Waals surface area (Å²) in [6.07, 6.45) is 0. The van der Waals surface area contributed by atoms with Crippen LogP contribution >= 0.6 is 35.5 Å². The number of amides is 1. The summed E-state index contributed by atoms with van der Waals surface area (Å²) >= 11 is 3.25. The van der Waals surface area contributed by atoms with Gasteiger partial charge in [0.25, 0.3) is 0 Å². The molecule has 1 atom stereocenters. The molecule has 18 heavy (non-hydrogen) atoms. The lowest BCUT2D eigenvalue weighted by molar-refractivity contribution is -0.129. The predicted octanol–water partition coefficient (Wildman–Crippen LogP) is 1.62. The highest BCUT2D eigenvalue weighted by Gasteiger charge is 2.19. The topological polar surface area (TPSA) is 45.2 Å². The molecule has 1 N–H and O–H groups in total. The third-order valence-corrected chi connectivity index (χ3v) is 4.27. The molecule has 4 nitrogen and oxygen atoms in total. The Morgan fingerprint density at radius 2 is 2.56 bits per heavy atom. The Kier molecular flexibility index (Phi) is 6.99. The standard InChI is InChI=1S/C11H17N3OS2.ClH/c1-9-4-14(3-2-12-9)11(15)7-16-5-10-6-17-8-13-10;/h6,8-9,12H,2-5,7H2,1H3;1H/t9-;/m1./s1. The summed E-state index contributed by atoms with van der Waals surface area (Å²) in [5, 5.41) is 5.37. The second kappa shape index (κ2) is 7.99. The number of piperazine rings is 1. The van der Waals surface area contributed by atoms with E-state index >= 15 is 0 Å². The molecule has 0 saturated carbocycles. The van der Waals surface area contributed by atoms with E-state index in [9.17, 15) is 4.79 Å². The number of carbonyl (C=O) groups is 1. The van der Waals surface area contributed by atoms with Gasteiger partial charge in [-0.3, -0.25) is 4.79 Å². The maximum Gasteiger partial charge on any atom is 0.232 e. The Bertz CT molecular complexity index is 361. The molecule has 0 aromatic carbocycles. The summed E-state index contributed by atoms with van der Waals surface area (Å²) < 4.78 is 0. The Morgan fingerprint density at radius 1 is 1.72 bits per heavy atom. The number of nitrogens with one attached hydrogen (secondary N) is 1. The highest BCUT2D eigenvalue weighted by atomic mass is 35.5. The normalized spacial score (nSPS) is 19.4.